The van der Waals surface area contributed by atoms with Crippen molar-refractivity contribution >= 4 is 21.6 Å². The molecule has 0 aromatic heterocycles. The zero-order valence-electron chi connectivity index (χ0n) is 12.5. The first-order chi connectivity index (χ1) is 9.91. The van der Waals surface area contributed by atoms with Crippen LogP contribution in [0.5, 0.6) is 0 Å². The molecular weight excluding hydrogens is 308 g/mol. The quantitative estimate of drug-likeness (QED) is 0.903. The molecule has 0 atom stereocenters. The second-order valence-electron chi connectivity index (χ2n) is 5.82. The Morgan fingerprint density at radius 3 is 2.57 bits per heavy atom. The van der Waals surface area contributed by atoms with Crippen molar-refractivity contribution in [3.05, 3.63) is 29.3 Å². The highest BCUT2D eigenvalue weighted by Gasteiger charge is 2.30. The zero-order chi connectivity index (χ0) is 15.5. The highest BCUT2D eigenvalue weighted by atomic mass is 35.5. The maximum atomic E-state index is 12.9. The van der Waals surface area contributed by atoms with Crippen LogP contribution in [0, 0.1) is 5.92 Å². The van der Waals surface area contributed by atoms with Crippen LogP contribution in [-0.2, 0) is 10.0 Å². The first kappa shape index (κ1) is 16.7. The Morgan fingerprint density at radius 2 is 2.00 bits per heavy atom. The molecule has 1 aliphatic heterocycles. The van der Waals surface area contributed by atoms with Crippen molar-refractivity contribution in [1.29, 1.82) is 0 Å². The average molecular weight is 331 g/mol. The molecular formula is C15H23ClN2O2S. The minimum atomic E-state index is -3.49. The lowest BCUT2D eigenvalue weighted by molar-refractivity contribution is 0.261. The summed E-state index contributed by atoms with van der Waals surface area (Å²) in [5.74, 6) is 0.419. The Kier molecular flexibility index (Phi) is 5.66. The lowest BCUT2D eigenvalue weighted by Gasteiger charge is -2.32. The van der Waals surface area contributed by atoms with Gasteiger partial charge in [0, 0.05) is 17.6 Å². The molecule has 1 N–H and O–H groups in total. The third-order valence-corrected chi connectivity index (χ3v) is 6.15. The van der Waals surface area contributed by atoms with Gasteiger partial charge in [-0.25, -0.2) is 8.42 Å². The average Bonchev–Trinajstić information content (AvgIpc) is 2.45. The van der Waals surface area contributed by atoms with E-state index in [0.717, 1.165) is 25.9 Å². The minimum absolute atomic E-state index is 0.0659. The van der Waals surface area contributed by atoms with Gasteiger partial charge in [-0.15, -0.1) is 0 Å². The molecule has 0 saturated carbocycles. The van der Waals surface area contributed by atoms with E-state index in [2.05, 4.69) is 5.32 Å². The van der Waals surface area contributed by atoms with Crippen molar-refractivity contribution in [2.45, 2.75) is 37.6 Å². The molecule has 1 heterocycles. The number of nitrogens with zero attached hydrogens (tertiary/aromatic N) is 1. The predicted octanol–water partition coefficient (Wildman–Crippen LogP) is 2.74. The first-order valence-electron chi connectivity index (χ1n) is 7.39. The number of hydrogen-bond donors (Lipinski definition) is 1. The Hall–Kier alpha value is -0.620. The molecule has 118 valence electrons. The molecule has 1 aromatic carbocycles. The summed E-state index contributed by atoms with van der Waals surface area (Å²) in [6.45, 7) is 6.35. The van der Waals surface area contributed by atoms with E-state index < -0.39 is 10.0 Å². The monoisotopic (exact) mass is 330 g/mol. The molecule has 1 saturated heterocycles. The fourth-order valence-electron chi connectivity index (χ4n) is 2.67. The second kappa shape index (κ2) is 7.09. The summed E-state index contributed by atoms with van der Waals surface area (Å²) < 4.78 is 27.3. The summed E-state index contributed by atoms with van der Waals surface area (Å²) in [6, 6.07) is 6.43. The van der Waals surface area contributed by atoms with Gasteiger partial charge in [0.25, 0.3) is 0 Å². The summed E-state index contributed by atoms with van der Waals surface area (Å²) in [5.41, 5.74) is 0. The Balaban J connectivity index is 2.23. The molecule has 4 nitrogen and oxygen atoms in total. The first-order valence-corrected chi connectivity index (χ1v) is 9.21. The van der Waals surface area contributed by atoms with E-state index in [-0.39, 0.29) is 10.9 Å². The van der Waals surface area contributed by atoms with Gasteiger partial charge in [0.1, 0.15) is 0 Å². The Bertz CT molecular complexity index is 569. The van der Waals surface area contributed by atoms with Crippen molar-refractivity contribution in [2.24, 2.45) is 5.92 Å². The lowest BCUT2D eigenvalue weighted by Crippen LogP contribution is -2.42. The maximum absolute atomic E-state index is 12.9. The van der Waals surface area contributed by atoms with Gasteiger partial charge in [-0.3, -0.25) is 0 Å². The minimum Gasteiger partial charge on any atom is -0.317 e. The Labute approximate surface area is 132 Å². The largest absolute Gasteiger partial charge is 0.317 e. The lowest BCUT2D eigenvalue weighted by atomic mass is 9.98. The van der Waals surface area contributed by atoms with Gasteiger partial charge in [-0.05, 0) is 63.9 Å². The summed E-state index contributed by atoms with van der Waals surface area (Å²) in [4.78, 5) is 0.276. The molecule has 1 aliphatic rings. The van der Waals surface area contributed by atoms with E-state index in [0.29, 0.717) is 17.5 Å². The molecule has 0 unspecified atom stereocenters. The smallest absolute Gasteiger partial charge is 0.243 e. The van der Waals surface area contributed by atoms with Gasteiger partial charge in [0.15, 0.2) is 0 Å². The molecule has 2 rings (SSSR count). The maximum Gasteiger partial charge on any atom is 0.243 e. The summed E-state index contributed by atoms with van der Waals surface area (Å²) in [5, 5.41) is 3.76. The topological polar surface area (TPSA) is 49.4 Å². The van der Waals surface area contributed by atoms with Gasteiger partial charge in [0.2, 0.25) is 10.0 Å². The van der Waals surface area contributed by atoms with Crippen LogP contribution >= 0.6 is 11.6 Å². The van der Waals surface area contributed by atoms with Crippen LogP contribution in [0.25, 0.3) is 0 Å². The molecule has 0 aliphatic carbocycles. The van der Waals surface area contributed by atoms with E-state index >= 15 is 0 Å². The van der Waals surface area contributed by atoms with Gasteiger partial charge < -0.3 is 5.32 Å². The third-order valence-electron chi connectivity index (χ3n) is 3.88. The van der Waals surface area contributed by atoms with Crippen LogP contribution in [0.15, 0.2) is 29.2 Å². The fraction of sp³-hybridized carbons (Fsp3) is 0.600. The highest BCUT2D eigenvalue weighted by Crippen LogP contribution is 2.24. The molecule has 1 fully saturated rings. The fourth-order valence-corrected chi connectivity index (χ4v) is 4.68. The van der Waals surface area contributed by atoms with Crippen molar-refractivity contribution in [1.82, 2.24) is 9.62 Å². The van der Waals surface area contributed by atoms with Crippen LogP contribution in [0.3, 0.4) is 0 Å². The molecule has 6 heteroatoms. The van der Waals surface area contributed by atoms with Crippen LogP contribution in [0.2, 0.25) is 5.02 Å². The molecule has 0 radical (unpaired) electrons. The third kappa shape index (κ3) is 4.19. The van der Waals surface area contributed by atoms with Crippen LogP contribution in [0.1, 0.15) is 26.7 Å². The van der Waals surface area contributed by atoms with E-state index in [1.54, 1.807) is 22.5 Å². The molecule has 0 bridgehead atoms. The van der Waals surface area contributed by atoms with Gasteiger partial charge in [0.05, 0.1) is 4.90 Å². The Morgan fingerprint density at radius 1 is 1.33 bits per heavy atom. The molecule has 21 heavy (non-hydrogen) atoms. The number of rotatable bonds is 5. The van der Waals surface area contributed by atoms with Crippen LogP contribution in [0.4, 0.5) is 0 Å². The van der Waals surface area contributed by atoms with Crippen LogP contribution < -0.4 is 5.32 Å². The predicted molar refractivity (Wildman–Crippen MR) is 86.1 cm³/mol. The number of hydrogen-bond acceptors (Lipinski definition) is 3. The van der Waals surface area contributed by atoms with Crippen molar-refractivity contribution in [3.63, 3.8) is 0 Å². The SMILES string of the molecule is CC(C)N(CC1CCNCC1)S(=O)(=O)c1cccc(Cl)c1. The standard InChI is InChI=1S/C15H23ClN2O2S/c1-12(2)18(11-13-6-8-17-9-7-13)21(19,20)15-5-3-4-14(16)10-15/h3-5,10,12-13,17H,6-9,11H2,1-2H3. The number of benzene rings is 1. The van der Waals surface area contributed by atoms with Crippen molar-refractivity contribution in [2.75, 3.05) is 19.6 Å². The second-order valence-corrected chi connectivity index (χ2v) is 8.15. The zero-order valence-corrected chi connectivity index (χ0v) is 14.1. The van der Waals surface area contributed by atoms with Crippen LogP contribution in [-0.4, -0.2) is 38.4 Å². The summed E-state index contributed by atoms with van der Waals surface area (Å²) >= 11 is 5.94. The number of nitrogens with one attached hydrogen (secondary N) is 1. The van der Waals surface area contributed by atoms with Crippen molar-refractivity contribution < 1.29 is 8.42 Å². The number of piperidine rings is 1. The number of sulfonamides is 1. The van der Waals surface area contributed by atoms with E-state index in [4.69, 9.17) is 11.6 Å². The normalized spacial score (nSPS) is 17.6. The summed E-state index contributed by atoms with van der Waals surface area (Å²) in [7, 11) is -3.49. The summed E-state index contributed by atoms with van der Waals surface area (Å²) in [6.07, 6.45) is 2.04. The molecule has 0 spiro atoms. The van der Waals surface area contributed by atoms with E-state index in [9.17, 15) is 8.42 Å². The van der Waals surface area contributed by atoms with E-state index in [1.807, 2.05) is 13.8 Å². The number of halogens is 1. The van der Waals surface area contributed by atoms with Gasteiger partial charge in [-0.2, -0.15) is 4.31 Å². The van der Waals surface area contributed by atoms with Crippen molar-refractivity contribution in [3.8, 4) is 0 Å². The van der Waals surface area contributed by atoms with Gasteiger partial charge in [-0.1, -0.05) is 17.7 Å². The highest BCUT2D eigenvalue weighted by molar-refractivity contribution is 7.89. The van der Waals surface area contributed by atoms with E-state index in [1.165, 1.54) is 6.07 Å². The molecule has 1 aromatic rings. The molecule has 0 amide bonds. The van der Waals surface area contributed by atoms with Gasteiger partial charge >= 0.3 is 0 Å².